The van der Waals surface area contributed by atoms with Gasteiger partial charge in [0.25, 0.3) is 11.8 Å². The molecule has 0 N–H and O–H groups in total. The van der Waals surface area contributed by atoms with Crippen molar-refractivity contribution in [3.63, 3.8) is 0 Å². The Hall–Kier alpha value is -2.24. The van der Waals surface area contributed by atoms with Gasteiger partial charge in [0.05, 0.1) is 5.39 Å². The molecule has 2 aromatic rings. The quantitative estimate of drug-likeness (QED) is 0.814. The van der Waals surface area contributed by atoms with Gasteiger partial charge in [0.15, 0.2) is 5.76 Å². The largest absolute Gasteiger partial charge is 0.417 e. The molecule has 1 aliphatic rings. The number of piperidine rings is 1. The van der Waals surface area contributed by atoms with Crippen LogP contribution in [-0.4, -0.2) is 29.8 Å². The number of rotatable bonds is 1. The Morgan fingerprint density at radius 3 is 2.59 bits per heavy atom. The lowest BCUT2D eigenvalue weighted by molar-refractivity contribution is -0.0498. The molecule has 1 aromatic carbocycles. The summed E-state index contributed by atoms with van der Waals surface area (Å²) in [4.78, 5) is 25.6. The minimum Gasteiger partial charge on any atom is -0.417 e. The van der Waals surface area contributed by atoms with E-state index in [1.807, 2.05) is 13.0 Å². The topological polar surface area (TPSA) is 50.5 Å². The number of halogens is 2. The minimum atomic E-state index is -2.72. The molecule has 0 radical (unpaired) electrons. The molecule has 3 rings (SSSR count). The Morgan fingerprint density at radius 2 is 1.91 bits per heavy atom. The SMILES string of the molecule is Cc1ccc2cc(C(=O)N3CCC(F)(F)CC3)oc(=O)c2c1. The molecular formula is C16H15F2NO3. The van der Waals surface area contributed by atoms with Crippen LogP contribution in [0.5, 0.6) is 0 Å². The predicted octanol–water partition coefficient (Wildman–Crippen LogP) is 2.97. The lowest BCUT2D eigenvalue weighted by Crippen LogP contribution is -2.42. The van der Waals surface area contributed by atoms with E-state index in [9.17, 15) is 18.4 Å². The normalized spacial score (nSPS) is 17.7. The van der Waals surface area contributed by atoms with Crippen LogP contribution in [0, 0.1) is 6.92 Å². The monoisotopic (exact) mass is 307 g/mol. The second-order valence-corrected chi connectivity index (χ2v) is 5.64. The van der Waals surface area contributed by atoms with Gasteiger partial charge in [-0.15, -0.1) is 0 Å². The predicted molar refractivity (Wildman–Crippen MR) is 77.3 cm³/mol. The third-order valence-corrected chi connectivity index (χ3v) is 3.91. The molecule has 2 heterocycles. The van der Waals surface area contributed by atoms with E-state index >= 15 is 0 Å². The van der Waals surface area contributed by atoms with Crippen LogP contribution in [-0.2, 0) is 0 Å². The molecule has 0 aliphatic carbocycles. The molecule has 0 bridgehead atoms. The Labute approximate surface area is 125 Å². The number of carbonyl (C=O) groups excluding carboxylic acids is 1. The molecule has 0 atom stereocenters. The highest BCUT2D eigenvalue weighted by molar-refractivity contribution is 5.95. The van der Waals surface area contributed by atoms with Crippen LogP contribution in [0.1, 0.15) is 29.0 Å². The number of nitrogens with zero attached hydrogens (tertiary/aromatic N) is 1. The number of amides is 1. The third kappa shape index (κ3) is 2.73. The molecule has 0 saturated carbocycles. The number of alkyl halides is 2. The van der Waals surface area contributed by atoms with Crippen LogP contribution in [0.25, 0.3) is 10.8 Å². The second kappa shape index (κ2) is 5.19. The molecule has 1 aromatic heterocycles. The zero-order valence-electron chi connectivity index (χ0n) is 12.1. The summed E-state index contributed by atoms with van der Waals surface area (Å²) in [7, 11) is 0. The highest BCUT2D eigenvalue weighted by atomic mass is 19.3. The third-order valence-electron chi connectivity index (χ3n) is 3.91. The fourth-order valence-electron chi connectivity index (χ4n) is 2.60. The Morgan fingerprint density at radius 1 is 1.23 bits per heavy atom. The maximum atomic E-state index is 13.1. The maximum Gasteiger partial charge on any atom is 0.344 e. The zero-order chi connectivity index (χ0) is 15.9. The summed E-state index contributed by atoms with van der Waals surface area (Å²) in [6.07, 6.45) is -0.731. The molecule has 1 amide bonds. The van der Waals surface area contributed by atoms with Crippen LogP contribution >= 0.6 is 0 Å². The van der Waals surface area contributed by atoms with Crippen molar-refractivity contribution in [1.29, 1.82) is 0 Å². The van der Waals surface area contributed by atoms with Gasteiger partial charge in [0.1, 0.15) is 0 Å². The van der Waals surface area contributed by atoms with E-state index < -0.39 is 17.5 Å². The summed E-state index contributed by atoms with van der Waals surface area (Å²) in [5.41, 5.74) is 0.323. The molecule has 116 valence electrons. The summed E-state index contributed by atoms with van der Waals surface area (Å²) < 4.78 is 31.4. The van der Waals surface area contributed by atoms with Crippen LogP contribution in [0.4, 0.5) is 8.78 Å². The van der Waals surface area contributed by atoms with Gasteiger partial charge < -0.3 is 9.32 Å². The van der Waals surface area contributed by atoms with Gasteiger partial charge in [-0.3, -0.25) is 4.79 Å². The Balaban J connectivity index is 1.92. The van der Waals surface area contributed by atoms with Gasteiger partial charge in [-0.2, -0.15) is 0 Å². The number of fused-ring (bicyclic) bond motifs is 1. The standard InChI is InChI=1S/C16H15F2NO3/c1-10-2-3-11-9-13(22-15(21)12(11)8-10)14(20)19-6-4-16(17,18)5-7-19/h2-3,8-9H,4-7H2,1H3. The molecule has 6 heteroatoms. The molecule has 1 fully saturated rings. The molecule has 0 spiro atoms. The van der Waals surface area contributed by atoms with Crippen LogP contribution in [0.3, 0.4) is 0 Å². The smallest absolute Gasteiger partial charge is 0.344 e. The van der Waals surface area contributed by atoms with Crippen molar-refractivity contribution >= 4 is 16.7 Å². The van der Waals surface area contributed by atoms with E-state index in [0.29, 0.717) is 10.8 Å². The first-order valence-electron chi connectivity index (χ1n) is 7.07. The molecule has 22 heavy (non-hydrogen) atoms. The van der Waals surface area contributed by atoms with Crippen molar-refractivity contribution < 1.29 is 18.0 Å². The first-order valence-corrected chi connectivity index (χ1v) is 7.07. The summed E-state index contributed by atoms with van der Waals surface area (Å²) in [6, 6.07) is 6.75. The second-order valence-electron chi connectivity index (χ2n) is 5.64. The molecule has 1 saturated heterocycles. The Kier molecular flexibility index (Phi) is 3.47. The van der Waals surface area contributed by atoms with Gasteiger partial charge in [-0.25, -0.2) is 13.6 Å². The first-order chi connectivity index (χ1) is 10.4. The molecular weight excluding hydrogens is 292 g/mol. The average Bonchev–Trinajstić information content (AvgIpc) is 2.47. The number of likely N-dealkylation sites (tertiary alicyclic amines) is 1. The van der Waals surface area contributed by atoms with Crippen LogP contribution < -0.4 is 5.63 Å². The van der Waals surface area contributed by atoms with Crippen LogP contribution in [0.15, 0.2) is 33.5 Å². The number of benzene rings is 1. The minimum absolute atomic E-state index is 0.0402. The van der Waals surface area contributed by atoms with Crippen molar-refractivity contribution in [2.24, 2.45) is 0 Å². The van der Waals surface area contributed by atoms with E-state index in [4.69, 9.17) is 4.42 Å². The van der Waals surface area contributed by atoms with Gasteiger partial charge >= 0.3 is 5.63 Å². The van der Waals surface area contributed by atoms with E-state index in [-0.39, 0.29) is 31.7 Å². The van der Waals surface area contributed by atoms with E-state index in [1.54, 1.807) is 12.1 Å². The summed E-state index contributed by atoms with van der Waals surface area (Å²) in [6.45, 7) is 1.77. The van der Waals surface area contributed by atoms with E-state index in [2.05, 4.69) is 0 Å². The van der Waals surface area contributed by atoms with E-state index in [0.717, 1.165) is 5.56 Å². The summed E-state index contributed by atoms with van der Waals surface area (Å²) in [5.74, 6) is -3.35. The van der Waals surface area contributed by atoms with Crippen molar-refractivity contribution in [1.82, 2.24) is 4.90 Å². The van der Waals surface area contributed by atoms with Crippen molar-refractivity contribution in [3.05, 3.63) is 46.0 Å². The highest BCUT2D eigenvalue weighted by Gasteiger charge is 2.36. The lowest BCUT2D eigenvalue weighted by atomic mass is 10.1. The van der Waals surface area contributed by atoms with Gasteiger partial charge in [-0.05, 0) is 24.4 Å². The summed E-state index contributed by atoms with van der Waals surface area (Å²) >= 11 is 0. The lowest BCUT2D eigenvalue weighted by Gasteiger charge is -2.31. The Bertz CT molecular complexity index is 788. The van der Waals surface area contributed by atoms with Gasteiger partial charge in [-0.1, -0.05) is 17.7 Å². The molecule has 0 unspecified atom stereocenters. The number of aryl methyl sites for hydroxylation is 1. The first kappa shape index (κ1) is 14.7. The van der Waals surface area contributed by atoms with Gasteiger partial charge in [0, 0.05) is 25.9 Å². The highest BCUT2D eigenvalue weighted by Crippen LogP contribution is 2.28. The molecule has 1 aliphatic heterocycles. The van der Waals surface area contributed by atoms with Crippen molar-refractivity contribution in [2.75, 3.05) is 13.1 Å². The summed E-state index contributed by atoms with van der Waals surface area (Å²) in [5, 5.41) is 1.01. The number of hydrogen-bond donors (Lipinski definition) is 0. The maximum absolute atomic E-state index is 13.1. The average molecular weight is 307 g/mol. The van der Waals surface area contributed by atoms with Crippen LogP contribution in [0.2, 0.25) is 0 Å². The number of hydrogen-bond acceptors (Lipinski definition) is 3. The fraction of sp³-hybridized carbons (Fsp3) is 0.375. The van der Waals surface area contributed by atoms with Crippen molar-refractivity contribution in [2.45, 2.75) is 25.7 Å². The number of carbonyl (C=O) groups is 1. The fourth-order valence-corrected chi connectivity index (χ4v) is 2.60. The zero-order valence-corrected chi connectivity index (χ0v) is 12.1. The molecule has 4 nitrogen and oxygen atoms in total. The van der Waals surface area contributed by atoms with E-state index in [1.165, 1.54) is 11.0 Å². The van der Waals surface area contributed by atoms with Crippen molar-refractivity contribution in [3.8, 4) is 0 Å². The van der Waals surface area contributed by atoms with Gasteiger partial charge in [0.2, 0.25) is 0 Å².